The van der Waals surface area contributed by atoms with Crippen molar-refractivity contribution in [2.24, 2.45) is 0 Å². The fourth-order valence-corrected chi connectivity index (χ4v) is 3.47. The average molecular weight is 335 g/mol. The lowest BCUT2D eigenvalue weighted by atomic mass is 10.1. The van der Waals surface area contributed by atoms with Gasteiger partial charge in [0, 0.05) is 5.41 Å². The first-order chi connectivity index (χ1) is 10.6. The molecule has 2 aromatic rings. The van der Waals surface area contributed by atoms with Crippen molar-refractivity contribution >= 4 is 33.7 Å². The molecule has 1 aromatic carbocycles. The molecule has 1 aromatic heterocycles. The number of ether oxygens (including phenoxy) is 2. The summed E-state index contributed by atoms with van der Waals surface area (Å²) >= 11 is 7.05. The molecule has 0 amide bonds. The number of hydrogen-bond acceptors (Lipinski definition) is 6. The molecular formula is C15H17N3O2S2. The Morgan fingerprint density at radius 3 is 2.41 bits per heavy atom. The zero-order chi connectivity index (χ0) is 15.7. The monoisotopic (exact) mass is 335 g/mol. The van der Waals surface area contributed by atoms with Gasteiger partial charge in [-0.1, -0.05) is 36.5 Å². The summed E-state index contributed by atoms with van der Waals surface area (Å²) in [4.78, 5) is 0.512. The molecular weight excluding hydrogens is 318 g/mol. The minimum absolute atomic E-state index is 0.210. The maximum Gasteiger partial charge on any atom is 0.210 e. The highest BCUT2D eigenvalue weighted by atomic mass is 32.1. The van der Waals surface area contributed by atoms with Crippen molar-refractivity contribution in [2.75, 3.05) is 19.5 Å². The van der Waals surface area contributed by atoms with Gasteiger partial charge in [0.25, 0.3) is 0 Å². The average Bonchev–Trinajstić information content (AvgIpc) is 3.10. The van der Waals surface area contributed by atoms with Crippen molar-refractivity contribution in [1.82, 2.24) is 10.2 Å². The zero-order valence-electron chi connectivity index (χ0n) is 12.7. The van der Waals surface area contributed by atoms with Crippen LogP contribution in [0.5, 0.6) is 11.5 Å². The van der Waals surface area contributed by atoms with E-state index in [0.29, 0.717) is 21.6 Å². The summed E-state index contributed by atoms with van der Waals surface area (Å²) in [6.45, 7) is 2.21. The quantitative estimate of drug-likeness (QED) is 0.845. The second-order valence-corrected chi connectivity index (χ2v) is 6.85. The van der Waals surface area contributed by atoms with E-state index in [4.69, 9.17) is 21.7 Å². The molecule has 116 valence electrons. The van der Waals surface area contributed by atoms with Crippen LogP contribution in [0.15, 0.2) is 18.2 Å². The molecule has 5 nitrogen and oxygen atoms in total. The highest BCUT2D eigenvalue weighted by Crippen LogP contribution is 2.49. The molecule has 0 atom stereocenters. The van der Waals surface area contributed by atoms with Crippen molar-refractivity contribution in [3.05, 3.63) is 28.8 Å². The fraction of sp³-hybridized carbons (Fsp3) is 0.400. The number of methoxy groups -OCH3 is 2. The molecule has 1 fully saturated rings. The van der Waals surface area contributed by atoms with Crippen LogP contribution < -0.4 is 14.8 Å². The summed E-state index contributed by atoms with van der Waals surface area (Å²) in [5.74, 6) is 1.33. The second kappa shape index (κ2) is 5.81. The molecule has 0 unspecified atom stereocenters. The van der Waals surface area contributed by atoms with Gasteiger partial charge in [-0.3, -0.25) is 0 Å². The molecule has 1 aliphatic carbocycles. The van der Waals surface area contributed by atoms with E-state index >= 15 is 0 Å². The van der Waals surface area contributed by atoms with Crippen LogP contribution in [0.1, 0.15) is 30.3 Å². The van der Waals surface area contributed by atoms with Gasteiger partial charge in [0.1, 0.15) is 21.5 Å². The van der Waals surface area contributed by atoms with Crippen LogP contribution in [0.3, 0.4) is 0 Å². The fourth-order valence-electron chi connectivity index (χ4n) is 2.15. The van der Waals surface area contributed by atoms with Crippen molar-refractivity contribution in [3.8, 4) is 11.5 Å². The molecule has 7 heteroatoms. The first kappa shape index (κ1) is 15.2. The van der Waals surface area contributed by atoms with Crippen LogP contribution in [-0.4, -0.2) is 29.4 Å². The molecule has 22 heavy (non-hydrogen) atoms. The number of nitrogens with one attached hydrogen (secondary N) is 1. The van der Waals surface area contributed by atoms with Gasteiger partial charge in [-0.15, -0.1) is 10.2 Å². The Kier molecular flexibility index (Phi) is 4.01. The van der Waals surface area contributed by atoms with Gasteiger partial charge in [-0.05, 0) is 25.0 Å². The lowest BCUT2D eigenvalue weighted by Gasteiger charge is -2.13. The third-order valence-electron chi connectivity index (χ3n) is 3.82. The molecule has 0 bridgehead atoms. The van der Waals surface area contributed by atoms with Crippen LogP contribution in [0.4, 0.5) is 5.13 Å². The third-order valence-corrected chi connectivity index (χ3v) is 5.27. The standard InChI is InChI=1S/C15H17N3O2S2/c1-15(7-8-15)13-17-18-14(22-13)16-12(21)11-9(19-2)5-4-6-10(11)20-3/h4-6H,7-8H2,1-3H3,(H,16,18,21). The third kappa shape index (κ3) is 2.78. The number of hydrogen-bond donors (Lipinski definition) is 1. The maximum atomic E-state index is 5.50. The Hall–Kier alpha value is -1.73. The Morgan fingerprint density at radius 2 is 1.86 bits per heavy atom. The summed E-state index contributed by atoms with van der Waals surface area (Å²) in [5, 5.41) is 13.4. The summed E-state index contributed by atoms with van der Waals surface area (Å²) in [5.41, 5.74) is 0.929. The Bertz CT molecular complexity index is 688. The number of anilines is 1. The topological polar surface area (TPSA) is 56.3 Å². The first-order valence-corrected chi connectivity index (χ1v) is 8.16. The molecule has 1 saturated carbocycles. The van der Waals surface area contributed by atoms with Crippen LogP contribution >= 0.6 is 23.6 Å². The molecule has 1 heterocycles. The van der Waals surface area contributed by atoms with Gasteiger partial charge in [-0.25, -0.2) is 0 Å². The van der Waals surface area contributed by atoms with Crippen molar-refractivity contribution < 1.29 is 9.47 Å². The smallest absolute Gasteiger partial charge is 0.210 e. The summed E-state index contributed by atoms with van der Waals surface area (Å²) in [7, 11) is 3.22. The molecule has 0 aliphatic heterocycles. The molecule has 1 N–H and O–H groups in total. The van der Waals surface area contributed by atoms with E-state index < -0.39 is 0 Å². The van der Waals surface area contributed by atoms with Gasteiger partial charge in [0.2, 0.25) is 5.13 Å². The number of aromatic nitrogens is 2. The van der Waals surface area contributed by atoms with Gasteiger partial charge in [-0.2, -0.15) is 0 Å². The number of nitrogens with zero attached hydrogens (tertiary/aromatic N) is 2. The summed E-state index contributed by atoms with van der Waals surface area (Å²) < 4.78 is 10.8. The largest absolute Gasteiger partial charge is 0.496 e. The van der Waals surface area contributed by atoms with E-state index in [1.54, 1.807) is 25.6 Å². The van der Waals surface area contributed by atoms with Crippen LogP contribution in [0.2, 0.25) is 0 Å². The van der Waals surface area contributed by atoms with Gasteiger partial charge in [0.15, 0.2) is 0 Å². The van der Waals surface area contributed by atoms with Crippen LogP contribution in [0, 0.1) is 0 Å². The highest BCUT2D eigenvalue weighted by molar-refractivity contribution is 7.81. The van der Waals surface area contributed by atoms with Crippen molar-refractivity contribution in [2.45, 2.75) is 25.2 Å². The van der Waals surface area contributed by atoms with E-state index in [9.17, 15) is 0 Å². The van der Waals surface area contributed by atoms with E-state index in [1.165, 1.54) is 12.8 Å². The second-order valence-electron chi connectivity index (χ2n) is 5.46. The van der Waals surface area contributed by atoms with Crippen LogP contribution in [-0.2, 0) is 5.41 Å². The van der Waals surface area contributed by atoms with E-state index in [2.05, 4.69) is 22.4 Å². The minimum atomic E-state index is 0.210. The number of benzene rings is 1. The Balaban J connectivity index is 1.84. The minimum Gasteiger partial charge on any atom is -0.496 e. The highest BCUT2D eigenvalue weighted by Gasteiger charge is 2.42. The normalized spacial score (nSPS) is 15.2. The predicted molar refractivity (Wildman–Crippen MR) is 91.4 cm³/mol. The van der Waals surface area contributed by atoms with Gasteiger partial charge < -0.3 is 14.8 Å². The van der Waals surface area contributed by atoms with E-state index in [0.717, 1.165) is 10.6 Å². The molecule has 0 radical (unpaired) electrons. The van der Waals surface area contributed by atoms with E-state index in [1.807, 2.05) is 18.2 Å². The number of rotatable bonds is 5. The van der Waals surface area contributed by atoms with Gasteiger partial charge in [0.05, 0.1) is 19.8 Å². The number of thiocarbonyl (C=S) groups is 1. The molecule has 0 saturated heterocycles. The van der Waals surface area contributed by atoms with Gasteiger partial charge >= 0.3 is 0 Å². The zero-order valence-corrected chi connectivity index (χ0v) is 14.3. The van der Waals surface area contributed by atoms with E-state index in [-0.39, 0.29) is 5.41 Å². The SMILES string of the molecule is COc1cccc(OC)c1C(=S)Nc1nnc(C2(C)CC2)s1. The lowest BCUT2D eigenvalue weighted by molar-refractivity contribution is 0.393. The molecule has 0 spiro atoms. The molecule has 3 rings (SSSR count). The first-order valence-electron chi connectivity index (χ1n) is 6.94. The lowest BCUT2D eigenvalue weighted by Crippen LogP contribution is -2.13. The van der Waals surface area contributed by atoms with Crippen molar-refractivity contribution in [1.29, 1.82) is 0 Å². The summed E-state index contributed by atoms with van der Waals surface area (Å²) in [6.07, 6.45) is 2.35. The van der Waals surface area contributed by atoms with Crippen LogP contribution in [0.25, 0.3) is 0 Å². The molecule has 1 aliphatic rings. The maximum absolute atomic E-state index is 5.50. The Labute approximate surface area is 138 Å². The predicted octanol–water partition coefficient (Wildman–Crippen LogP) is 3.39. The summed E-state index contributed by atoms with van der Waals surface area (Å²) in [6, 6.07) is 5.56. The van der Waals surface area contributed by atoms with Crippen molar-refractivity contribution in [3.63, 3.8) is 0 Å². The Morgan fingerprint density at radius 1 is 1.23 bits per heavy atom.